The number of aliphatic hydroxyl groups excluding tert-OH is 1. The molecule has 2 atom stereocenters. The molecule has 1 aliphatic rings. The molecule has 5 rings (SSSR count). The summed E-state index contributed by atoms with van der Waals surface area (Å²) in [6, 6.07) is 20.9. The number of piperazine rings is 1. The van der Waals surface area contributed by atoms with Crippen molar-refractivity contribution >= 4 is 70.8 Å². The van der Waals surface area contributed by atoms with E-state index >= 15 is 0 Å². The van der Waals surface area contributed by atoms with E-state index in [1.54, 1.807) is 36.4 Å². The Morgan fingerprint density at radius 3 is 2.62 bits per heavy atom. The minimum absolute atomic E-state index is 0. The third kappa shape index (κ3) is 7.30. The van der Waals surface area contributed by atoms with Gasteiger partial charge in [-0.3, -0.25) is 9.69 Å². The van der Waals surface area contributed by atoms with Crippen LogP contribution < -0.4 is 15.5 Å². The van der Waals surface area contributed by atoms with Crippen LogP contribution in [0.25, 0.3) is 21.9 Å². The van der Waals surface area contributed by atoms with Crippen LogP contribution in [-0.4, -0.2) is 54.9 Å². The first-order valence-corrected chi connectivity index (χ1v) is 11.9. The molecule has 0 spiro atoms. The first-order valence-electron chi connectivity index (χ1n) is 11.5. The second-order valence-corrected chi connectivity index (χ2v) is 9.15. The maximum atomic E-state index is 12.9. The van der Waals surface area contributed by atoms with Crippen molar-refractivity contribution in [3.63, 3.8) is 0 Å². The number of rotatable bonds is 7. The van der Waals surface area contributed by atoms with Crippen LogP contribution in [0.4, 0.5) is 0 Å². The molecule has 2 N–H and O–H groups in total. The van der Waals surface area contributed by atoms with Crippen molar-refractivity contribution in [1.82, 2.24) is 10.2 Å². The fourth-order valence-corrected chi connectivity index (χ4v) is 4.74. The predicted molar refractivity (Wildman–Crippen MR) is 157 cm³/mol. The highest BCUT2D eigenvalue weighted by molar-refractivity contribution is 6.31. The van der Waals surface area contributed by atoms with Gasteiger partial charge in [0.25, 0.3) is 0 Å². The third-order valence-corrected chi connectivity index (χ3v) is 6.52. The highest BCUT2D eigenvalue weighted by Crippen LogP contribution is 2.28. The Hall–Kier alpha value is -2.03. The van der Waals surface area contributed by atoms with E-state index in [1.807, 2.05) is 6.07 Å². The number of hydrogen-bond acceptors (Lipinski definition) is 6. The lowest BCUT2D eigenvalue weighted by molar-refractivity contribution is 0.0441. The standard InChI is InChI=1S/C27H27ClN2O4.3ClH/c28-19-9-10-22-25(14-19)34-27-23(26(22)32)7-4-8-24(27)33-17-21(31)16-30-12-11-29-15-20(30)13-18-5-2-1-3-6-18;;;/h1-10,14,20-21,29,31H,11-13,15-17H2;3*1H. The molecule has 6 nitrogen and oxygen atoms in total. The largest absolute Gasteiger partial charge is 0.487 e. The zero-order valence-electron chi connectivity index (χ0n) is 20.0. The Balaban J connectivity index is 0.00000160. The average molecular weight is 588 g/mol. The second-order valence-electron chi connectivity index (χ2n) is 8.71. The minimum Gasteiger partial charge on any atom is -0.487 e. The van der Waals surface area contributed by atoms with Crippen LogP contribution in [0.3, 0.4) is 0 Å². The highest BCUT2D eigenvalue weighted by Gasteiger charge is 2.25. The number of nitrogens with one attached hydrogen (secondary N) is 1. The van der Waals surface area contributed by atoms with Crippen molar-refractivity contribution in [2.45, 2.75) is 18.6 Å². The van der Waals surface area contributed by atoms with Gasteiger partial charge in [0.05, 0.1) is 10.8 Å². The Morgan fingerprint density at radius 1 is 1.05 bits per heavy atom. The first kappa shape index (κ1) is 31.2. The van der Waals surface area contributed by atoms with Gasteiger partial charge in [0.1, 0.15) is 18.3 Å². The van der Waals surface area contributed by atoms with E-state index in [2.05, 4.69) is 34.5 Å². The number of ether oxygens (including phenoxy) is 1. The molecule has 37 heavy (non-hydrogen) atoms. The van der Waals surface area contributed by atoms with E-state index in [-0.39, 0.29) is 49.3 Å². The van der Waals surface area contributed by atoms with Crippen LogP contribution in [0.1, 0.15) is 5.56 Å². The molecule has 1 saturated heterocycles. The fraction of sp³-hybridized carbons (Fsp3) is 0.296. The first-order chi connectivity index (χ1) is 16.6. The van der Waals surface area contributed by atoms with Crippen molar-refractivity contribution in [3.8, 4) is 5.75 Å². The van der Waals surface area contributed by atoms with Crippen molar-refractivity contribution in [2.24, 2.45) is 0 Å². The maximum absolute atomic E-state index is 12.9. The summed E-state index contributed by atoms with van der Waals surface area (Å²) in [4.78, 5) is 15.2. The van der Waals surface area contributed by atoms with Crippen LogP contribution in [0.15, 0.2) is 75.9 Å². The number of para-hydroxylation sites is 1. The van der Waals surface area contributed by atoms with Gasteiger partial charge < -0.3 is 19.6 Å². The van der Waals surface area contributed by atoms with Gasteiger partial charge in [-0.25, -0.2) is 0 Å². The summed E-state index contributed by atoms with van der Waals surface area (Å²) in [6.07, 6.45) is 0.235. The molecule has 0 aliphatic carbocycles. The molecule has 200 valence electrons. The lowest BCUT2D eigenvalue weighted by atomic mass is 10.0. The molecule has 3 aromatic carbocycles. The van der Waals surface area contributed by atoms with Gasteiger partial charge in [-0.05, 0) is 36.2 Å². The van der Waals surface area contributed by atoms with E-state index in [4.69, 9.17) is 20.8 Å². The highest BCUT2D eigenvalue weighted by atomic mass is 35.5. The zero-order chi connectivity index (χ0) is 23.5. The summed E-state index contributed by atoms with van der Waals surface area (Å²) < 4.78 is 11.9. The summed E-state index contributed by atoms with van der Waals surface area (Å²) in [5.74, 6) is 0.427. The Kier molecular flexibility index (Phi) is 12.0. The van der Waals surface area contributed by atoms with Gasteiger partial charge in [-0.1, -0.05) is 48.0 Å². The van der Waals surface area contributed by atoms with Gasteiger partial charge in [-0.15, -0.1) is 37.2 Å². The number of β-amino-alcohol motifs (C(OH)–C–C–N with tert-alkyl or cyclic N) is 1. The molecule has 2 heterocycles. The molecule has 2 unspecified atom stereocenters. The van der Waals surface area contributed by atoms with E-state index in [0.29, 0.717) is 45.3 Å². The van der Waals surface area contributed by atoms with Gasteiger partial charge in [-0.2, -0.15) is 0 Å². The molecule has 1 fully saturated rings. The molecule has 0 bridgehead atoms. The molecule has 10 heteroatoms. The number of halogens is 4. The number of fused-ring (bicyclic) bond motifs is 2. The quantitative estimate of drug-likeness (QED) is 0.292. The third-order valence-electron chi connectivity index (χ3n) is 6.29. The number of hydrogen-bond donors (Lipinski definition) is 2. The van der Waals surface area contributed by atoms with E-state index in [9.17, 15) is 9.90 Å². The van der Waals surface area contributed by atoms with Gasteiger partial charge in [0.15, 0.2) is 11.3 Å². The number of nitrogens with zero attached hydrogens (tertiary/aromatic N) is 1. The SMILES string of the molecule is Cl.Cl.Cl.O=c1c2ccc(Cl)cc2oc2c(OCC(O)CN3CCNCC3Cc3ccccc3)cccc12. The summed E-state index contributed by atoms with van der Waals surface area (Å²) >= 11 is 6.08. The van der Waals surface area contributed by atoms with Crippen molar-refractivity contribution in [1.29, 1.82) is 0 Å². The van der Waals surface area contributed by atoms with Gasteiger partial charge in [0.2, 0.25) is 5.43 Å². The van der Waals surface area contributed by atoms with Crippen LogP contribution in [0, 0.1) is 0 Å². The molecule has 0 saturated carbocycles. The average Bonchev–Trinajstić information content (AvgIpc) is 2.85. The molecular formula is C27H30Cl4N2O4. The topological polar surface area (TPSA) is 74.9 Å². The van der Waals surface area contributed by atoms with Crippen molar-refractivity contribution in [2.75, 3.05) is 32.8 Å². The summed E-state index contributed by atoms with van der Waals surface area (Å²) in [5.41, 5.74) is 1.92. The van der Waals surface area contributed by atoms with Crippen LogP contribution in [-0.2, 0) is 6.42 Å². The fourth-order valence-electron chi connectivity index (χ4n) is 4.58. The van der Waals surface area contributed by atoms with Crippen LogP contribution in [0.5, 0.6) is 5.75 Å². The van der Waals surface area contributed by atoms with E-state index < -0.39 is 6.10 Å². The Morgan fingerprint density at radius 2 is 1.84 bits per heavy atom. The molecular weight excluding hydrogens is 558 g/mol. The number of aliphatic hydroxyl groups is 1. The van der Waals surface area contributed by atoms with Crippen LogP contribution >= 0.6 is 48.8 Å². The second kappa shape index (κ2) is 14.2. The number of benzene rings is 3. The molecule has 1 aromatic heterocycles. The van der Waals surface area contributed by atoms with Crippen molar-refractivity contribution < 1.29 is 14.3 Å². The zero-order valence-corrected chi connectivity index (χ0v) is 23.2. The smallest absolute Gasteiger partial charge is 0.200 e. The van der Waals surface area contributed by atoms with Crippen LogP contribution in [0.2, 0.25) is 5.02 Å². The molecule has 0 radical (unpaired) electrons. The summed E-state index contributed by atoms with van der Waals surface area (Å²) in [6.45, 7) is 3.24. The summed E-state index contributed by atoms with van der Waals surface area (Å²) in [7, 11) is 0. The lowest BCUT2D eigenvalue weighted by Crippen LogP contribution is -2.54. The molecule has 0 amide bonds. The van der Waals surface area contributed by atoms with E-state index in [1.165, 1.54) is 5.56 Å². The summed E-state index contributed by atoms with van der Waals surface area (Å²) in [5, 5.41) is 15.6. The Bertz CT molecular complexity index is 1350. The van der Waals surface area contributed by atoms with Crippen molar-refractivity contribution in [3.05, 3.63) is 87.5 Å². The van der Waals surface area contributed by atoms with Gasteiger partial charge >= 0.3 is 0 Å². The maximum Gasteiger partial charge on any atom is 0.200 e. The normalized spacial score (nSPS) is 16.3. The van der Waals surface area contributed by atoms with Gasteiger partial charge in [0, 0.05) is 43.3 Å². The minimum atomic E-state index is -0.687. The monoisotopic (exact) mass is 586 g/mol. The molecule has 1 aliphatic heterocycles. The molecule has 4 aromatic rings. The van der Waals surface area contributed by atoms with E-state index in [0.717, 1.165) is 26.1 Å². The lowest BCUT2D eigenvalue weighted by Gasteiger charge is -2.37. The Labute approximate surface area is 239 Å². The predicted octanol–water partition coefficient (Wildman–Crippen LogP) is 5.12.